The van der Waals surface area contributed by atoms with Gasteiger partial charge in [-0.2, -0.15) is 0 Å². The van der Waals surface area contributed by atoms with E-state index in [-0.39, 0.29) is 24.9 Å². The molecule has 0 heterocycles. The van der Waals surface area contributed by atoms with Gasteiger partial charge in [-0.25, -0.2) is 4.79 Å². The standard InChI is InChI=1S/C13H19N3O4/c1-2-11(7-8-17)15-13(18)14-9-10-5-3-4-6-12(10)16(19)20/h3-6,11,17H,2,7-9H2,1H3,(H2,14,15,18). The van der Waals surface area contributed by atoms with Gasteiger partial charge in [-0.3, -0.25) is 10.1 Å². The van der Waals surface area contributed by atoms with Crippen LogP contribution in [0.1, 0.15) is 25.3 Å². The quantitative estimate of drug-likeness (QED) is 0.521. The topological polar surface area (TPSA) is 104 Å². The monoisotopic (exact) mass is 281 g/mol. The first-order valence-corrected chi connectivity index (χ1v) is 6.46. The lowest BCUT2D eigenvalue weighted by molar-refractivity contribution is -0.385. The summed E-state index contributed by atoms with van der Waals surface area (Å²) in [6, 6.07) is 5.76. The molecule has 0 aliphatic carbocycles. The highest BCUT2D eigenvalue weighted by molar-refractivity contribution is 5.74. The van der Waals surface area contributed by atoms with Crippen molar-refractivity contribution in [3.05, 3.63) is 39.9 Å². The Kier molecular flexibility index (Phi) is 6.45. The highest BCUT2D eigenvalue weighted by atomic mass is 16.6. The smallest absolute Gasteiger partial charge is 0.315 e. The number of carbonyl (C=O) groups is 1. The molecule has 1 aromatic carbocycles. The Hall–Kier alpha value is -2.15. The van der Waals surface area contributed by atoms with Crippen molar-refractivity contribution in [1.29, 1.82) is 0 Å². The third-order valence-corrected chi connectivity index (χ3v) is 2.93. The van der Waals surface area contributed by atoms with Gasteiger partial charge in [-0.15, -0.1) is 0 Å². The molecule has 2 amide bonds. The van der Waals surface area contributed by atoms with Crippen molar-refractivity contribution in [3.63, 3.8) is 0 Å². The Balaban J connectivity index is 2.55. The largest absolute Gasteiger partial charge is 0.396 e. The molecule has 1 atom stereocenters. The average Bonchev–Trinajstić information content (AvgIpc) is 2.44. The first-order valence-electron chi connectivity index (χ1n) is 6.46. The normalized spacial score (nSPS) is 11.7. The first-order chi connectivity index (χ1) is 9.58. The zero-order chi connectivity index (χ0) is 15.0. The molecule has 1 unspecified atom stereocenters. The summed E-state index contributed by atoms with van der Waals surface area (Å²) < 4.78 is 0. The van der Waals surface area contributed by atoms with E-state index in [0.29, 0.717) is 18.4 Å². The van der Waals surface area contributed by atoms with Crippen molar-refractivity contribution in [2.24, 2.45) is 0 Å². The van der Waals surface area contributed by atoms with Gasteiger partial charge in [0.25, 0.3) is 5.69 Å². The molecule has 7 heteroatoms. The summed E-state index contributed by atoms with van der Waals surface area (Å²) in [5, 5.41) is 25.0. The number of rotatable bonds is 7. The van der Waals surface area contributed by atoms with Gasteiger partial charge in [0.15, 0.2) is 0 Å². The summed E-state index contributed by atoms with van der Waals surface area (Å²) in [4.78, 5) is 22.0. The predicted octanol–water partition coefficient (Wildman–Crippen LogP) is 1.55. The van der Waals surface area contributed by atoms with E-state index in [1.165, 1.54) is 6.07 Å². The molecule has 0 aliphatic rings. The molecule has 20 heavy (non-hydrogen) atoms. The van der Waals surface area contributed by atoms with Crippen LogP contribution in [-0.2, 0) is 6.54 Å². The number of nitro benzene ring substituents is 1. The number of amides is 2. The van der Waals surface area contributed by atoms with Crippen LogP contribution in [0, 0.1) is 10.1 Å². The number of nitrogens with one attached hydrogen (secondary N) is 2. The van der Waals surface area contributed by atoms with Gasteiger partial charge in [-0.05, 0) is 12.8 Å². The Bertz CT molecular complexity index is 465. The first kappa shape index (κ1) is 15.9. The van der Waals surface area contributed by atoms with Crippen LogP contribution in [0.2, 0.25) is 0 Å². The van der Waals surface area contributed by atoms with E-state index in [2.05, 4.69) is 10.6 Å². The van der Waals surface area contributed by atoms with Crippen LogP contribution in [-0.4, -0.2) is 28.7 Å². The molecular formula is C13H19N3O4. The maximum Gasteiger partial charge on any atom is 0.315 e. The molecule has 0 saturated heterocycles. The fraction of sp³-hybridized carbons (Fsp3) is 0.462. The number of nitrogens with zero attached hydrogens (tertiary/aromatic N) is 1. The number of hydrogen-bond acceptors (Lipinski definition) is 4. The van der Waals surface area contributed by atoms with Crippen molar-refractivity contribution in [2.75, 3.05) is 6.61 Å². The lowest BCUT2D eigenvalue weighted by Gasteiger charge is -2.16. The van der Waals surface area contributed by atoms with Gasteiger partial charge >= 0.3 is 6.03 Å². The van der Waals surface area contributed by atoms with E-state index >= 15 is 0 Å². The van der Waals surface area contributed by atoms with Crippen LogP contribution in [0.4, 0.5) is 10.5 Å². The van der Waals surface area contributed by atoms with E-state index in [0.717, 1.165) is 0 Å². The van der Waals surface area contributed by atoms with E-state index < -0.39 is 11.0 Å². The molecule has 0 radical (unpaired) electrons. The van der Waals surface area contributed by atoms with Crippen molar-refractivity contribution in [1.82, 2.24) is 10.6 Å². The van der Waals surface area contributed by atoms with Crippen LogP contribution >= 0.6 is 0 Å². The van der Waals surface area contributed by atoms with Crippen molar-refractivity contribution in [2.45, 2.75) is 32.4 Å². The molecule has 0 aliphatic heterocycles. The molecule has 3 N–H and O–H groups in total. The van der Waals surface area contributed by atoms with E-state index in [1.807, 2.05) is 6.92 Å². The van der Waals surface area contributed by atoms with E-state index in [4.69, 9.17) is 5.11 Å². The number of aliphatic hydroxyl groups is 1. The Morgan fingerprint density at radius 2 is 2.15 bits per heavy atom. The Morgan fingerprint density at radius 3 is 2.75 bits per heavy atom. The second kappa shape index (κ2) is 8.11. The molecular weight excluding hydrogens is 262 g/mol. The van der Waals surface area contributed by atoms with Gasteiger partial charge < -0.3 is 15.7 Å². The minimum atomic E-state index is -0.477. The third-order valence-electron chi connectivity index (χ3n) is 2.93. The fourth-order valence-electron chi connectivity index (χ4n) is 1.78. The zero-order valence-corrected chi connectivity index (χ0v) is 11.3. The summed E-state index contributed by atoms with van der Waals surface area (Å²) in [7, 11) is 0. The average molecular weight is 281 g/mol. The number of carbonyl (C=O) groups excluding carboxylic acids is 1. The lowest BCUT2D eigenvalue weighted by atomic mass is 10.1. The van der Waals surface area contributed by atoms with Gasteiger partial charge in [0.05, 0.1) is 11.5 Å². The van der Waals surface area contributed by atoms with Crippen LogP contribution < -0.4 is 10.6 Å². The van der Waals surface area contributed by atoms with E-state index in [1.54, 1.807) is 18.2 Å². The van der Waals surface area contributed by atoms with Crippen molar-refractivity contribution in [3.8, 4) is 0 Å². The summed E-state index contributed by atoms with van der Waals surface area (Å²) in [5.74, 6) is 0. The van der Waals surface area contributed by atoms with Crippen LogP contribution in [0.3, 0.4) is 0 Å². The predicted molar refractivity (Wildman–Crippen MR) is 74.2 cm³/mol. The fourth-order valence-corrected chi connectivity index (χ4v) is 1.78. The number of para-hydroxylation sites is 1. The number of aliphatic hydroxyl groups excluding tert-OH is 1. The highest BCUT2D eigenvalue weighted by Gasteiger charge is 2.14. The second-order valence-electron chi connectivity index (χ2n) is 4.33. The van der Waals surface area contributed by atoms with Crippen LogP contribution in [0.25, 0.3) is 0 Å². The summed E-state index contributed by atoms with van der Waals surface area (Å²) >= 11 is 0. The molecule has 0 saturated carbocycles. The minimum absolute atomic E-state index is 0.00292. The van der Waals surface area contributed by atoms with Crippen molar-refractivity contribution >= 4 is 11.7 Å². The minimum Gasteiger partial charge on any atom is -0.396 e. The van der Waals surface area contributed by atoms with Gasteiger partial charge in [0.1, 0.15) is 0 Å². The molecule has 0 fully saturated rings. The Labute approximate surface area is 117 Å². The van der Waals surface area contributed by atoms with Gasteiger partial charge in [-0.1, -0.05) is 25.1 Å². The summed E-state index contributed by atoms with van der Waals surface area (Å²) in [6.45, 7) is 1.99. The number of benzene rings is 1. The Morgan fingerprint density at radius 1 is 1.45 bits per heavy atom. The molecule has 0 bridgehead atoms. The third kappa shape index (κ3) is 4.85. The summed E-state index contributed by atoms with van der Waals surface area (Å²) in [5.41, 5.74) is 0.429. The van der Waals surface area contributed by atoms with Crippen molar-refractivity contribution < 1.29 is 14.8 Å². The SMILES string of the molecule is CCC(CCO)NC(=O)NCc1ccccc1[N+](=O)[O-]. The van der Waals surface area contributed by atoms with Crippen LogP contribution in [0.15, 0.2) is 24.3 Å². The lowest BCUT2D eigenvalue weighted by Crippen LogP contribution is -2.42. The number of urea groups is 1. The zero-order valence-electron chi connectivity index (χ0n) is 11.3. The van der Waals surface area contributed by atoms with E-state index in [9.17, 15) is 14.9 Å². The maximum atomic E-state index is 11.7. The molecule has 110 valence electrons. The number of nitro groups is 1. The number of hydrogen-bond donors (Lipinski definition) is 3. The van der Waals surface area contributed by atoms with Gasteiger partial charge in [0, 0.05) is 24.3 Å². The summed E-state index contributed by atoms with van der Waals surface area (Å²) in [6.07, 6.45) is 1.19. The second-order valence-corrected chi connectivity index (χ2v) is 4.33. The molecule has 1 aromatic rings. The molecule has 0 aromatic heterocycles. The molecule has 7 nitrogen and oxygen atoms in total. The van der Waals surface area contributed by atoms with Crippen LogP contribution in [0.5, 0.6) is 0 Å². The van der Waals surface area contributed by atoms with Gasteiger partial charge in [0.2, 0.25) is 0 Å². The highest BCUT2D eigenvalue weighted by Crippen LogP contribution is 2.16. The molecule has 0 spiro atoms. The molecule has 1 rings (SSSR count). The maximum absolute atomic E-state index is 11.7.